The molecule has 0 bridgehead atoms. The van der Waals surface area contributed by atoms with Crippen LogP contribution in [0.5, 0.6) is 0 Å². The van der Waals surface area contributed by atoms with E-state index in [1.807, 2.05) is 0 Å². The van der Waals surface area contributed by atoms with Crippen molar-refractivity contribution in [3.63, 3.8) is 0 Å². The summed E-state index contributed by atoms with van der Waals surface area (Å²) in [6.07, 6.45) is -3.40. The average Bonchev–Trinajstić information content (AvgIpc) is 2.35. The molecule has 2 rings (SSSR count). The fraction of sp³-hybridized carbons (Fsp3) is 0.364. The molecule has 1 saturated heterocycles. The van der Waals surface area contributed by atoms with Crippen LogP contribution < -0.4 is 10.6 Å². The Bertz CT molecular complexity index is 551. The maximum atomic E-state index is 12.8. The van der Waals surface area contributed by atoms with Crippen molar-refractivity contribution < 1.29 is 18.3 Å². The van der Waals surface area contributed by atoms with Crippen molar-refractivity contribution in [1.82, 2.24) is 9.97 Å². The third-order valence-corrected chi connectivity index (χ3v) is 2.78. The molecule has 0 saturated carbocycles. The highest BCUT2D eigenvalue weighted by Gasteiger charge is 2.36. The molecule has 6 nitrogen and oxygen atoms in total. The fourth-order valence-corrected chi connectivity index (χ4v) is 1.70. The number of anilines is 1. The zero-order chi connectivity index (χ0) is 14.9. The summed E-state index contributed by atoms with van der Waals surface area (Å²) in [6.45, 7) is 0.347. The van der Waals surface area contributed by atoms with Gasteiger partial charge in [0.2, 0.25) is 5.95 Å². The quantitative estimate of drug-likeness (QED) is 0.708. The normalized spacial score (nSPS) is 17.0. The number of nitrogens with zero attached hydrogens (tertiary/aromatic N) is 3. The predicted molar refractivity (Wildman–Crippen MR) is 66.2 cm³/mol. The highest BCUT2D eigenvalue weighted by Crippen LogP contribution is 2.31. The van der Waals surface area contributed by atoms with Crippen molar-refractivity contribution in [3.05, 3.63) is 23.7 Å². The highest BCUT2D eigenvalue weighted by molar-refractivity contribution is 6.07. The molecule has 1 fully saturated rings. The first kappa shape index (κ1) is 14.3. The Morgan fingerprint density at radius 2 is 2.10 bits per heavy atom. The molecule has 9 heteroatoms. The number of aliphatic hydroxyl groups is 1. The maximum Gasteiger partial charge on any atom is 0.433 e. The lowest BCUT2D eigenvalue weighted by atomic mass is 10.1. The third-order valence-electron chi connectivity index (χ3n) is 2.78. The number of hydrogen-bond donors (Lipinski definition) is 3. The number of hydrogen-bond acceptors (Lipinski definition) is 6. The standard InChI is InChI=1S/C11H12F3N5O/c12-11(13,14)9-1-8(6(2-15)3-16)17-10(18-9)19-4-7(20)5-19/h1-3,7,15,20H,4-5,16H2/b6-3+,15-2?. The minimum Gasteiger partial charge on any atom is -0.404 e. The van der Waals surface area contributed by atoms with Crippen LogP contribution in [0.1, 0.15) is 11.4 Å². The Hall–Kier alpha value is -2.16. The molecule has 0 atom stereocenters. The topological polar surface area (TPSA) is 99.1 Å². The number of nitrogens with one attached hydrogen (secondary N) is 1. The Labute approximate surface area is 112 Å². The summed E-state index contributed by atoms with van der Waals surface area (Å²) in [7, 11) is 0. The van der Waals surface area contributed by atoms with Gasteiger partial charge in [0, 0.05) is 31.1 Å². The van der Waals surface area contributed by atoms with E-state index in [4.69, 9.17) is 11.1 Å². The van der Waals surface area contributed by atoms with E-state index in [9.17, 15) is 18.3 Å². The molecule has 1 aliphatic rings. The number of aromatic nitrogens is 2. The summed E-state index contributed by atoms with van der Waals surface area (Å²) in [4.78, 5) is 8.82. The first-order chi connectivity index (χ1) is 9.35. The van der Waals surface area contributed by atoms with Gasteiger partial charge in [0.05, 0.1) is 11.8 Å². The molecule has 1 aromatic rings. The average molecular weight is 287 g/mol. The minimum atomic E-state index is -4.63. The Kier molecular flexibility index (Phi) is 3.62. The Morgan fingerprint density at radius 1 is 1.45 bits per heavy atom. The second-order valence-electron chi connectivity index (χ2n) is 4.26. The molecule has 1 aliphatic heterocycles. The smallest absolute Gasteiger partial charge is 0.404 e. The molecule has 20 heavy (non-hydrogen) atoms. The van der Waals surface area contributed by atoms with Crippen LogP contribution in [0.4, 0.5) is 19.1 Å². The summed E-state index contributed by atoms with van der Waals surface area (Å²) in [6, 6.07) is 0.740. The number of rotatable bonds is 3. The zero-order valence-electron chi connectivity index (χ0n) is 10.2. The molecule has 4 N–H and O–H groups in total. The molecule has 0 aliphatic carbocycles. The van der Waals surface area contributed by atoms with Crippen molar-refractivity contribution in [2.24, 2.45) is 5.73 Å². The highest BCUT2D eigenvalue weighted by atomic mass is 19.4. The molecular formula is C11H12F3N5O. The van der Waals surface area contributed by atoms with Gasteiger partial charge in [0.1, 0.15) is 0 Å². The van der Waals surface area contributed by atoms with E-state index in [0.717, 1.165) is 18.5 Å². The van der Waals surface area contributed by atoms with Gasteiger partial charge in [0.15, 0.2) is 5.69 Å². The van der Waals surface area contributed by atoms with Crippen LogP contribution in [-0.4, -0.2) is 40.5 Å². The van der Waals surface area contributed by atoms with Gasteiger partial charge in [-0.25, -0.2) is 9.97 Å². The molecule has 0 radical (unpaired) electrons. The summed E-state index contributed by atoms with van der Waals surface area (Å²) in [5, 5.41) is 16.3. The zero-order valence-corrected chi connectivity index (χ0v) is 10.2. The number of nitrogens with two attached hydrogens (primary N) is 1. The molecule has 0 spiro atoms. The molecule has 1 aromatic heterocycles. The molecular weight excluding hydrogens is 275 g/mol. The van der Waals surface area contributed by atoms with Crippen LogP contribution in [-0.2, 0) is 6.18 Å². The number of aliphatic hydroxyl groups excluding tert-OH is 1. The number of β-amino-alcohol motifs (C(OH)–C–C–N with tert-alkyl or cyclic N) is 1. The molecule has 108 valence electrons. The van der Waals surface area contributed by atoms with Crippen molar-refractivity contribution in [1.29, 1.82) is 5.41 Å². The van der Waals surface area contributed by atoms with E-state index >= 15 is 0 Å². The second-order valence-corrected chi connectivity index (χ2v) is 4.26. The van der Waals surface area contributed by atoms with E-state index < -0.39 is 18.0 Å². The SMILES string of the molecule is N=C/C(=C\N)c1cc(C(F)(F)F)nc(N2CC(O)C2)n1. The number of alkyl halides is 3. The van der Waals surface area contributed by atoms with Gasteiger partial charge < -0.3 is 21.1 Å². The van der Waals surface area contributed by atoms with E-state index in [1.54, 1.807) is 0 Å². The summed E-state index contributed by atoms with van der Waals surface area (Å²) in [5.74, 6) is -0.138. The Morgan fingerprint density at radius 3 is 2.55 bits per heavy atom. The van der Waals surface area contributed by atoms with Gasteiger partial charge >= 0.3 is 6.18 Å². The van der Waals surface area contributed by atoms with E-state index in [1.165, 1.54) is 4.90 Å². The van der Waals surface area contributed by atoms with Crippen molar-refractivity contribution in [2.75, 3.05) is 18.0 Å². The van der Waals surface area contributed by atoms with Gasteiger partial charge in [-0.3, -0.25) is 0 Å². The van der Waals surface area contributed by atoms with Crippen molar-refractivity contribution in [2.45, 2.75) is 12.3 Å². The van der Waals surface area contributed by atoms with Crippen LogP contribution in [0.25, 0.3) is 5.57 Å². The van der Waals surface area contributed by atoms with Crippen LogP contribution in [0.15, 0.2) is 12.3 Å². The lowest BCUT2D eigenvalue weighted by Crippen LogP contribution is -2.51. The molecule has 0 unspecified atom stereocenters. The lowest BCUT2D eigenvalue weighted by molar-refractivity contribution is -0.141. The molecule has 0 amide bonds. The minimum absolute atomic E-state index is 0.0558. The largest absolute Gasteiger partial charge is 0.433 e. The van der Waals surface area contributed by atoms with Crippen molar-refractivity contribution in [3.8, 4) is 0 Å². The third kappa shape index (κ3) is 2.72. The lowest BCUT2D eigenvalue weighted by Gasteiger charge is -2.36. The van der Waals surface area contributed by atoms with E-state index in [-0.39, 0.29) is 30.3 Å². The van der Waals surface area contributed by atoms with Crippen molar-refractivity contribution >= 4 is 17.7 Å². The van der Waals surface area contributed by atoms with Gasteiger partial charge in [-0.05, 0) is 6.07 Å². The number of allylic oxidation sites excluding steroid dienone is 1. The van der Waals surface area contributed by atoms with Crippen LogP contribution in [0.2, 0.25) is 0 Å². The van der Waals surface area contributed by atoms with Gasteiger partial charge in [0.25, 0.3) is 0 Å². The Balaban J connectivity index is 2.47. The summed E-state index contributed by atoms with van der Waals surface area (Å²) in [5.41, 5.74) is 4.12. The number of halogens is 3. The van der Waals surface area contributed by atoms with Crippen LogP contribution >= 0.6 is 0 Å². The monoisotopic (exact) mass is 287 g/mol. The van der Waals surface area contributed by atoms with E-state index in [0.29, 0.717) is 0 Å². The van der Waals surface area contributed by atoms with Gasteiger partial charge in [-0.1, -0.05) is 0 Å². The van der Waals surface area contributed by atoms with Gasteiger partial charge in [-0.2, -0.15) is 13.2 Å². The predicted octanol–water partition coefficient (Wildman–Crippen LogP) is 0.625. The van der Waals surface area contributed by atoms with E-state index in [2.05, 4.69) is 9.97 Å². The van der Waals surface area contributed by atoms with Crippen LogP contribution in [0, 0.1) is 5.41 Å². The first-order valence-corrected chi connectivity index (χ1v) is 5.67. The molecule has 2 heterocycles. The first-order valence-electron chi connectivity index (χ1n) is 5.67. The summed E-state index contributed by atoms with van der Waals surface area (Å²) < 4.78 is 38.4. The second kappa shape index (κ2) is 5.08. The maximum absolute atomic E-state index is 12.8. The van der Waals surface area contributed by atoms with Gasteiger partial charge in [-0.15, -0.1) is 0 Å². The molecule has 0 aromatic carbocycles. The fourth-order valence-electron chi connectivity index (χ4n) is 1.70. The summed E-state index contributed by atoms with van der Waals surface area (Å²) >= 11 is 0. The van der Waals surface area contributed by atoms with Crippen LogP contribution in [0.3, 0.4) is 0 Å².